The minimum atomic E-state index is 0.312. The molecule has 0 rings (SSSR count). The standard InChI is InChI=1S/C9H14Cl2O/c10-7-5-3-1-2-4-6-9(11)8-12/h1-7H2. The van der Waals surface area contributed by atoms with E-state index in [2.05, 4.69) is 0 Å². The van der Waals surface area contributed by atoms with Crippen molar-refractivity contribution in [3.05, 3.63) is 5.03 Å². The molecule has 0 saturated carbocycles. The molecule has 0 N–H and O–H groups in total. The van der Waals surface area contributed by atoms with Crippen LogP contribution in [-0.2, 0) is 4.79 Å². The largest absolute Gasteiger partial charge is 0.232 e. The normalized spacial score (nSPS) is 9.50. The van der Waals surface area contributed by atoms with Gasteiger partial charge >= 0.3 is 0 Å². The molecule has 0 amide bonds. The van der Waals surface area contributed by atoms with Gasteiger partial charge in [-0.3, -0.25) is 0 Å². The van der Waals surface area contributed by atoms with Crippen molar-refractivity contribution in [3.8, 4) is 0 Å². The lowest BCUT2D eigenvalue weighted by molar-refractivity contribution is 0.566. The van der Waals surface area contributed by atoms with Gasteiger partial charge in [0, 0.05) is 5.88 Å². The Morgan fingerprint density at radius 1 is 1.08 bits per heavy atom. The maximum Gasteiger partial charge on any atom is 0.140 e. The summed E-state index contributed by atoms with van der Waals surface area (Å²) in [5, 5.41) is 0.312. The van der Waals surface area contributed by atoms with Crippen LogP contribution in [0, 0.1) is 0 Å². The molecule has 70 valence electrons. The lowest BCUT2D eigenvalue weighted by Gasteiger charge is -1.97. The van der Waals surface area contributed by atoms with E-state index < -0.39 is 0 Å². The molecule has 0 heterocycles. The van der Waals surface area contributed by atoms with Gasteiger partial charge in [0.15, 0.2) is 0 Å². The maximum absolute atomic E-state index is 9.96. The van der Waals surface area contributed by atoms with E-state index in [1.54, 1.807) is 5.94 Å². The smallest absolute Gasteiger partial charge is 0.140 e. The predicted octanol–water partition coefficient (Wildman–Crippen LogP) is 3.52. The third-order valence-electron chi connectivity index (χ3n) is 1.64. The summed E-state index contributed by atoms with van der Waals surface area (Å²) in [6, 6.07) is 0. The molecule has 0 aliphatic rings. The Kier molecular flexibility index (Phi) is 9.14. The first-order valence-electron chi connectivity index (χ1n) is 4.26. The quantitative estimate of drug-likeness (QED) is 0.356. The molecule has 0 bridgehead atoms. The van der Waals surface area contributed by atoms with Gasteiger partial charge in [0.1, 0.15) is 11.0 Å². The van der Waals surface area contributed by atoms with Gasteiger partial charge in [-0.25, -0.2) is 4.79 Å². The van der Waals surface area contributed by atoms with E-state index in [-0.39, 0.29) is 0 Å². The van der Waals surface area contributed by atoms with Crippen LogP contribution in [0.3, 0.4) is 0 Å². The van der Waals surface area contributed by atoms with Crippen molar-refractivity contribution in [2.75, 3.05) is 5.88 Å². The van der Waals surface area contributed by atoms with Gasteiger partial charge in [0.25, 0.3) is 0 Å². The van der Waals surface area contributed by atoms with E-state index in [0.29, 0.717) is 11.5 Å². The van der Waals surface area contributed by atoms with Crippen molar-refractivity contribution in [2.24, 2.45) is 0 Å². The first-order valence-corrected chi connectivity index (χ1v) is 5.18. The monoisotopic (exact) mass is 208 g/mol. The van der Waals surface area contributed by atoms with Gasteiger partial charge in [-0.1, -0.05) is 30.9 Å². The number of rotatable bonds is 7. The number of halogens is 2. The molecule has 3 heteroatoms. The summed E-state index contributed by atoms with van der Waals surface area (Å²) in [6.45, 7) is 0. The highest BCUT2D eigenvalue weighted by Gasteiger charge is 1.93. The zero-order chi connectivity index (χ0) is 9.23. The average molecular weight is 209 g/mol. The Morgan fingerprint density at radius 3 is 2.25 bits per heavy atom. The molecule has 12 heavy (non-hydrogen) atoms. The summed E-state index contributed by atoms with van der Waals surface area (Å²) in [5.41, 5.74) is 0. The molecule has 0 atom stereocenters. The molecule has 0 aromatic rings. The summed E-state index contributed by atoms with van der Waals surface area (Å²) in [4.78, 5) is 9.96. The Morgan fingerprint density at radius 2 is 1.67 bits per heavy atom. The van der Waals surface area contributed by atoms with Crippen LogP contribution in [0.25, 0.3) is 0 Å². The summed E-state index contributed by atoms with van der Waals surface area (Å²) in [7, 11) is 0. The summed E-state index contributed by atoms with van der Waals surface area (Å²) in [6.07, 6.45) is 6.21. The third kappa shape index (κ3) is 8.13. The molecule has 0 aromatic carbocycles. The molecule has 0 aliphatic heterocycles. The Bertz CT molecular complexity index is 151. The van der Waals surface area contributed by atoms with Gasteiger partial charge in [0.2, 0.25) is 0 Å². The number of hydrogen-bond acceptors (Lipinski definition) is 1. The second kappa shape index (κ2) is 9.12. The third-order valence-corrected chi connectivity index (χ3v) is 2.17. The number of unbranched alkanes of at least 4 members (excludes halogenated alkanes) is 4. The van der Waals surface area contributed by atoms with Crippen LogP contribution in [0.4, 0.5) is 0 Å². The van der Waals surface area contributed by atoms with Crippen LogP contribution in [0.1, 0.15) is 38.5 Å². The number of allylic oxidation sites excluding steroid dienone is 1. The number of alkyl halides is 1. The van der Waals surface area contributed by atoms with E-state index in [1.165, 1.54) is 12.8 Å². The Labute approximate surface area is 83.7 Å². The minimum absolute atomic E-state index is 0.312. The lowest BCUT2D eigenvalue weighted by Crippen LogP contribution is -1.81. The molecular weight excluding hydrogens is 195 g/mol. The van der Waals surface area contributed by atoms with Crippen molar-refractivity contribution in [1.29, 1.82) is 0 Å². The highest BCUT2D eigenvalue weighted by molar-refractivity contribution is 6.33. The zero-order valence-corrected chi connectivity index (χ0v) is 8.63. The minimum Gasteiger partial charge on any atom is -0.232 e. The number of hydrogen-bond donors (Lipinski definition) is 0. The van der Waals surface area contributed by atoms with Crippen LogP contribution in [0.5, 0.6) is 0 Å². The highest BCUT2D eigenvalue weighted by atomic mass is 35.5. The summed E-state index contributed by atoms with van der Waals surface area (Å²) < 4.78 is 0. The zero-order valence-electron chi connectivity index (χ0n) is 7.11. The van der Waals surface area contributed by atoms with Crippen molar-refractivity contribution in [3.63, 3.8) is 0 Å². The molecule has 0 aliphatic carbocycles. The van der Waals surface area contributed by atoms with E-state index in [0.717, 1.165) is 25.1 Å². The number of carbonyl (C=O) groups excluding carboxylic acids is 1. The van der Waals surface area contributed by atoms with Crippen LogP contribution in [0.2, 0.25) is 0 Å². The predicted molar refractivity (Wildman–Crippen MR) is 53.5 cm³/mol. The average Bonchev–Trinajstić information content (AvgIpc) is 2.10. The van der Waals surface area contributed by atoms with Gasteiger partial charge in [0.05, 0.1) is 0 Å². The first kappa shape index (κ1) is 12.0. The highest BCUT2D eigenvalue weighted by Crippen LogP contribution is 2.11. The second-order valence-corrected chi connectivity index (χ2v) is 3.55. The molecular formula is C9H14Cl2O. The second-order valence-electron chi connectivity index (χ2n) is 2.71. The lowest BCUT2D eigenvalue weighted by atomic mass is 10.1. The maximum atomic E-state index is 9.96. The fourth-order valence-corrected chi connectivity index (χ4v) is 1.28. The van der Waals surface area contributed by atoms with Crippen molar-refractivity contribution < 1.29 is 4.79 Å². The van der Waals surface area contributed by atoms with Crippen molar-refractivity contribution in [2.45, 2.75) is 38.5 Å². The van der Waals surface area contributed by atoms with Gasteiger partial charge < -0.3 is 0 Å². The Hall–Kier alpha value is 0.0300. The fourth-order valence-electron chi connectivity index (χ4n) is 0.956. The van der Waals surface area contributed by atoms with E-state index in [9.17, 15) is 4.79 Å². The van der Waals surface area contributed by atoms with Crippen LogP contribution < -0.4 is 0 Å². The van der Waals surface area contributed by atoms with E-state index in [4.69, 9.17) is 23.2 Å². The van der Waals surface area contributed by atoms with Crippen LogP contribution in [-0.4, -0.2) is 11.8 Å². The van der Waals surface area contributed by atoms with Gasteiger partial charge in [-0.15, -0.1) is 11.6 Å². The molecule has 0 saturated heterocycles. The first-order chi connectivity index (χ1) is 5.81. The van der Waals surface area contributed by atoms with Crippen LogP contribution >= 0.6 is 23.2 Å². The Balaban J connectivity index is 3.06. The van der Waals surface area contributed by atoms with E-state index >= 15 is 0 Å². The molecule has 0 spiro atoms. The topological polar surface area (TPSA) is 17.1 Å². The molecule has 0 unspecified atom stereocenters. The van der Waals surface area contributed by atoms with Crippen LogP contribution in [0.15, 0.2) is 5.03 Å². The van der Waals surface area contributed by atoms with E-state index in [1.807, 2.05) is 0 Å². The summed E-state index contributed by atoms with van der Waals surface area (Å²) in [5.74, 6) is 2.42. The molecule has 0 radical (unpaired) electrons. The fraction of sp³-hybridized carbons (Fsp3) is 0.778. The van der Waals surface area contributed by atoms with Gasteiger partial charge in [-0.05, 0) is 19.3 Å². The molecule has 0 aromatic heterocycles. The van der Waals surface area contributed by atoms with Crippen molar-refractivity contribution in [1.82, 2.24) is 0 Å². The SMILES string of the molecule is O=C=C(Cl)CCCCCCCCl. The molecule has 1 nitrogen and oxygen atoms in total. The van der Waals surface area contributed by atoms with Gasteiger partial charge in [-0.2, -0.15) is 0 Å². The van der Waals surface area contributed by atoms with Crippen molar-refractivity contribution >= 4 is 29.1 Å². The molecule has 0 fully saturated rings. The summed E-state index contributed by atoms with van der Waals surface area (Å²) >= 11 is 11.0.